The normalized spacial score (nSPS) is 11.3. The van der Waals surface area contributed by atoms with E-state index >= 15 is 0 Å². The molecule has 0 aliphatic heterocycles. The van der Waals surface area contributed by atoms with Crippen molar-refractivity contribution in [3.8, 4) is 11.3 Å². The van der Waals surface area contributed by atoms with Gasteiger partial charge in [0.15, 0.2) is 5.65 Å². The van der Waals surface area contributed by atoms with E-state index in [9.17, 15) is 4.79 Å². The Kier molecular flexibility index (Phi) is 5.86. The van der Waals surface area contributed by atoms with Crippen molar-refractivity contribution in [2.75, 3.05) is 19.6 Å². The Balaban J connectivity index is 2.08. The number of likely N-dealkylation sites (N-methyl/N-ethyl adjacent to an activating group) is 1. The number of rotatable bonds is 7. The topological polar surface area (TPSA) is 71.8 Å². The molecular weight excluding hydrogens is 338 g/mol. The average Bonchev–Trinajstić information content (AvgIpc) is 3.09. The first kappa shape index (κ1) is 19.0. The van der Waals surface area contributed by atoms with Gasteiger partial charge in [0, 0.05) is 24.7 Å². The van der Waals surface area contributed by atoms with Crippen LogP contribution < -0.4 is 10.6 Å². The summed E-state index contributed by atoms with van der Waals surface area (Å²) in [7, 11) is 0. The van der Waals surface area contributed by atoms with Crippen molar-refractivity contribution < 1.29 is 4.79 Å². The molecular formula is C21H27N5O. The van der Waals surface area contributed by atoms with E-state index in [4.69, 9.17) is 4.98 Å². The standard InChI is InChI=1S/C21H27N5O/c1-5-22-10-11-23-21(27)17-12-19(16-9-7-6-8-15(16)4)25-20-18(17)13-24-26(20)14(2)3/h6-9,12-14,22H,5,10-11H2,1-4H3,(H,23,27). The van der Waals surface area contributed by atoms with E-state index < -0.39 is 0 Å². The first-order chi connectivity index (χ1) is 13.0. The Labute approximate surface area is 160 Å². The molecule has 0 aliphatic carbocycles. The maximum absolute atomic E-state index is 12.9. The van der Waals surface area contributed by atoms with Crippen molar-refractivity contribution in [3.05, 3.63) is 47.7 Å². The van der Waals surface area contributed by atoms with Crippen LogP contribution in [0.3, 0.4) is 0 Å². The number of benzene rings is 1. The SMILES string of the molecule is CCNCCNC(=O)c1cc(-c2ccccc2C)nc2c1cnn2C(C)C. The van der Waals surface area contributed by atoms with Gasteiger partial charge in [-0.3, -0.25) is 4.79 Å². The molecule has 0 bridgehead atoms. The number of nitrogens with zero attached hydrogens (tertiary/aromatic N) is 3. The van der Waals surface area contributed by atoms with E-state index in [2.05, 4.69) is 42.6 Å². The largest absolute Gasteiger partial charge is 0.351 e. The lowest BCUT2D eigenvalue weighted by molar-refractivity contribution is 0.0955. The predicted molar refractivity (Wildman–Crippen MR) is 109 cm³/mol. The molecule has 27 heavy (non-hydrogen) atoms. The molecule has 0 spiro atoms. The fraction of sp³-hybridized carbons (Fsp3) is 0.381. The molecule has 3 aromatic rings. The molecule has 0 saturated heterocycles. The summed E-state index contributed by atoms with van der Waals surface area (Å²) in [4.78, 5) is 17.7. The summed E-state index contributed by atoms with van der Waals surface area (Å²) in [6.45, 7) is 10.4. The Morgan fingerprint density at radius 1 is 1.22 bits per heavy atom. The maximum Gasteiger partial charge on any atom is 0.252 e. The lowest BCUT2D eigenvalue weighted by Gasteiger charge is -2.12. The van der Waals surface area contributed by atoms with Gasteiger partial charge in [-0.2, -0.15) is 5.10 Å². The van der Waals surface area contributed by atoms with E-state index in [1.54, 1.807) is 6.20 Å². The average molecular weight is 365 g/mol. The highest BCUT2D eigenvalue weighted by Gasteiger charge is 2.18. The first-order valence-electron chi connectivity index (χ1n) is 9.46. The summed E-state index contributed by atoms with van der Waals surface area (Å²) < 4.78 is 1.87. The van der Waals surface area contributed by atoms with Crippen LogP contribution in [0.2, 0.25) is 0 Å². The highest BCUT2D eigenvalue weighted by Crippen LogP contribution is 2.28. The monoisotopic (exact) mass is 365 g/mol. The number of carbonyl (C=O) groups excluding carboxylic acids is 1. The van der Waals surface area contributed by atoms with Crippen molar-refractivity contribution in [2.45, 2.75) is 33.7 Å². The van der Waals surface area contributed by atoms with Gasteiger partial charge in [0.25, 0.3) is 5.91 Å². The molecule has 0 radical (unpaired) electrons. The molecule has 1 aromatic carbocycles. The number of aryl methyl sites for hydroxylation is 1. The summed E-state index contributed by atoms with van der Waals surface area (Å²) in [6, 6.07) is 10.1. The van der Waals surface area contributed by atoms with Crippen LogP contribution in [-0.2, 0) is 0 Å². The van der Waals surface area contributed by atoms with Gasteiger partial charge in [-0.25, -0.2) is 9.67 Å². The summed E-state index contributed by atoms with van der Waals surface area (Å²) in [6.07, 6.45) is 1.74. The Hall–Kier alpha value is -2.73. The molecule has 0 unspecified atom stereocenters. The minimum Gasteiger partial charge on any atom is -0.351 e. The highest BCUT2D eigenvalue weighted by atomic mass is 16.1. The Morgan fingerprint density at radius 2 is 2.00 bits per heavy atom. The molecule has 142 valence electrons. The summed E-state index contributed by atoms with van der Waals surface area (Å²) in [5.74, 6) is -0.0987. The number of hydrogen-bond donors (Lipinski definition) is 2. The minimum absolute atomic E-state index is 0.0987. The number of aromatic nitrogens is 3. The summed E-state index contributed by atoms with van der Waals surface area (Å²) in [5.41, 5.74) is 4.29. The van der Waals surface area contributed by atoms with Gasteiger partial charge in [-0.15, -0.1) is 0 Å². The molecule has 0 aliphatic rings. The number of amides is 1. The van der Waals surface area contributed by atoms with E-state index in [-0.39, 0.29) is 11.9 Å². The number of nitrogens with one attached hydrogen (secondary N) is 2. The van der Waals surface area contributed by atoms with Crippen LogP contribution >= 0.6 is 0 Å². The molecule has 2 aromatic heterocycles. The van der Waals surface area contributed by atoms with Crippen LogP contribution in [0.15, 0.2) is 36.5 Å². The van der Waals surface area contributed by atoms with Crippen LogP contribution in [0.4, 0.5) is 0 Å². The molecule has 3 rings (SSSR count). The van der Waals surface area contributed by atoms with Gasteiger partial charge in [0.2, 0.25) is 0 Å². The Bertz CT molecular complexity index is 945. The third-order valence-electron chi connectivity index (χ3n) is 4.56. The second-order valence-electron chi connectivity index (χ2n) is 6.90. The lowest BCUT2D eigenvalue weighted by atomic mass is 10.0. The summed E-state index contributed by atoms with van der Waals surface area (Å²) >= 11 is 0. The van der Waals surface area contributed by atoms with Gasteiger partial charge in [0.05, 0.1) is 22.8 Å². The third-order valence-corrected chi connectivity index (χ3v) is 4.56. The number of hydrogen-bond acceptors (Lipinski definition) is 4. The molecule has 6 heteroatoms. The molecule has 6 nitrogen and oxygen atoms in total. The van der Waals surface area contributed by atoms with Crippen LogP contribution in [-0.4, -0.2) is 40.3 Å². The molecule has 2 heterocycles. The zero-order valence-electron chi connectivity index (χ0n) is 16.4. The van der Waals surface area contributed by atoms with E-state index in [0.29, 0.717) is 12.1 Å². The van der Waals surface area contributed by atoms with Gasteiger partial charge in [-0.05, 0) is 38.9 Å². The van der Waals surface area contributed by atoms with Gasteiger partial charge in [-0.1, -0.05) is 31.2 Å². The van der Waals surface area contributed by atoms with Crippen LogP contribution in [0, 0.1) is 6.92 Å². The quantitative estimate of drug-likeness (QED) is 0.630. The number of carbonyl (C=O) groups is 1. The highest BCUT2D eigenvalue weighted by molar-refractivity contribution is 6.06. The zero-order valence-corrected chi connectivity index (χ0v) is 16.4. The number of fused-ring (bicyclic) bond motifs is 1. The molecule has 0 fully saturated rings. The Morgan fingerprint density at radius 3 is 2.70 bits per heavy atom. The maximum atomic E-state index is 12.9. The molecule has 1 amide bonds. The van der Waals surface area contributed by atoms with E-state index in [0.717, 1.165) is 40.9 Å². The molecule has 0 atom stereocenters. The van der Waals surface area contributed by atoms with Gasteiger partial charge < -0.3 is 10.6 Å². The van der Waals surface area contributed by atoms with E-state index in [1.165, 1.54) is 0 Å². The zero-order chi connectivity index (χ0) is 19.4. The number of pyridine rings is 1. The van der Waals surface area contributed by atoms with Crippen molar-refractivity contribution >= 4 is 16.9 Å². The minimum atomic E-state index is -0.0987. The van der Waals surface area contributed by atoms with Crippen molar-refractivity contribution in [1.82, 2.24) is 25.4 Å². The van der Waals surface area contributed by atoms with E-state index in [1.807, 2.05) is 35.9 Å². The second-order valence-corrected chi connectivity index (χ2v) is 6.90. The second kappa shape index (κ2) is 8.31. The van der Waals surface area contributed by atoms with Crippen molar-refractivity contribution in [2.24, 2.45) is 0 Å². The lowest BCUT2D eigenvalue weighted by Crippen LogP contribution is -2.31. The van der Waals surface area contributed by atoms with Gasteiger partial charge in [0.1, 0.15) is 0 Å². The van der Waals surface area contributed by atoms with Crippen LogP contribution in [0.1, 0.15) is 42.7 Å². The third kappa shape index (κ3) is 4.01. The van der Waals surface area contributed by atoms with Crippen LogP contribution in [0.5, 0.6) is 0 Å². The fourth-order valence-electron chi connectivity index (χ4n) is 3.12. The molecule has 2 N–H and O–H groups in total. The van der Waals surface area contributed by atoms with Crippen molar-refractivity contribution in [1.29, 1.82) is 0 Å². The van der Waals surface area contributed by atoms with Crippen molar-refractivity contribution in [3.63, 3.8) is 0 Å². The first-order valence-corrected chi connectivity index (χ1v) is 9.46. The van der Waals surface area contributed by atoms with Crippen LogP contribution in [0.25, 0.3) is 22.3 Å². The molecule has 0 saturated carbocycles. The van der Waals surface area contributed by atoms with Gasteiger partial charge >= 0.3 is 0 Å². The fourth-order valence-corrected chi connectivity index (χ4v) is 3.12. The summed E-state index contributed by atoms with van der Waals surface area (Å²) in [5, 5.41) is 11.5. The predicted octanol–water partition coefficient (Wildman–Crippen LogP) is 3.33. The smallest absolute Gasteiger partial charge is 0.252 e.